The Balaban J connectivity index is 3.17. The number of carbonyl (C=O) groups is 3. The van der Waals surface area contributed by atoms with E-state index in [1.807, 2.05) is 0 Å². The first kappa shape index (κ1) is 33.4. The molecule has 9 nitrogen and oxygen atoms in total. The Morgan fingerprint density at radius 3 is 1.40 bits per heavy atom. The molecular weight excluding hydrogens is 454 g/mol. The van der Waals surface area contributed by atoms with Crippen LogP contribution in [-0.4, -0.2) is 82.2 Å². The van der Waals surface area contributed by atoms with Gasteiger partial charge < -0.3 is 29.4 Å². The van der Waals surface area contributed by atoms with Crippen LogP contribution in [0.5, 0.6) is 0 Å². The predicted octanol–water partition coefficient (Wildman–Crippen LogP) is 3.91. The number of rotatable bonds is 28. The molecule has 0 spiro atoms. The van der Waals surface area contributed by atoms with E-state index in [9.17, 15) is 14.4 Å². The Bertz CT molecular complexity index is 516. The first-order valence-electron chi connectivity index (χ1n) is 13.3. The van der Waals surface area contributed by atoms with Gasteiger partial charge >= 0.3 is 5.97 Å². The maximum Gasteiger partial charge on any atom is 0.303 e. The molecule has 0 heterocycles. The fraction of sp³-hybridized carbons (Fsp3) is 0.885. The molecule has 0 bridgehead atoms. The molecule has 0 aliphatic heterocycles. The van der Waals surface area contributed by atoms with Crippen molar-refractivity contribution in [3.05, 3.63) is 0 Å². The van der Waals surface area contributed by atoms with Crippen molar-refractivity contribution in [3.63, 3.8) is 0 Å². The number of aliphatic carboxylic acids is 1. The summed E-state index contributed by atoms with van der Waals surface area (Å²) in [5.74, 6) is -0.499. The van der Waals surface area contributed by atoms with Gasteiger partial charge in [-0.2, -0.15) is 0 Å². The van der Waals surface area contributed by atoms with Crippen molar-refractivity contribution in [1.29, 1.82) is 0 Å². The van der Waals surface area contributed by atoms with Crippen molar-refractivity contribution in [3.8, 4) is 0 Å². The lowest BCUT2D eigenvalue weighted by atomic mass is 10.1. The van der Waals surface area contributed by atoms with Crippen molar-refractivity contribution < 1.29 is 38.4 Å². The maximum atomic E-state index is 11.8. The molecule has 206 valence electrons. The molecule has 0 rings (SSSR count). The Morgan fingerprint density at radius 1 is 0.543 bits per heavy atom. The molecule has 0 saturated heterocycles. The number of nitrogens with one attached hydrogen (secondary N) is 1. The van der Waals surface area contributed by atoms with E-state index in [2.05, 4.69) is 5.32 Å². The van der Waals surface area contributed by atoms with Crippen molar-refractivity contribution in [2.45, 2.75) is 90.4 Å². The fourth-order valence-electron chi connectivity index (χ4n) is 3.30. The minimum Gasteiger partial charge on any atom is -0.481 e. The van der Waals surface area contributed by atoms with Crippen molar-refractivity contribution in [1.82, 2.24) is 5.32 Å². The number of amides is 1. The van der Waals surface area contributed by atoms with Crippen LogP contribution in [0.25, 0.3) is 0 Å². The summed E-state index contributed by atoms with van der Waals surface area (Å²) >= 11 is 0. The summed E-state index contributed by atoms with van der Waals surface area (Å²) in [5, 5.41) is 11.5. The average Bonchev–Trinajstić information content (AvgIpc) is 2.81. The van der Waals surface area contributed by atoms with Crippen molar-refractivity contribution >= 4 is 17.7 Å². The summed E-state index contributed by atoms with van der Waals surface area (Å²) in [4.78, 5) is 33.0. The van der Waals surface area contributed by atoms with E-state index in [1.54, 1.807) is 6.92 Å². The van der Waals surface area contributed by atoms with Crippen LogP contribution in [0.15, 0.2) is 0 Å². The molecule has 9 heteroatoms. The van der Waals surface area contributed by atoms with Gasteiger partial charge in [-0.1, -0.05) is 51.4 Å². The lowest BCUT2D eigenvalue weighted by Crippen LogP contribution is -2.27. The van der Waals surface area contributed by atoms with E-state index in [-0.39, 0.29) is 18.1 Å². The van der Waals surface area contributed by atoms with E-state index >= 15 is 0 Å². The average molecular weight is 504 g/mol. The molecule has 0 aromatic heterocycles. The standard InChI is InChI=1S/C26H49NO8/c1-24(28)14-16-32-18-20-34-22-23-35-21-19-33-17-15-27-25(29)12-10-8-6-4-2-3-5-7-9-11-13-26(30)31/h2-23H2,1H3,(H,27,29)(H,30,31). The van der Waals surface area contributed by atoms with Gasteiger partial charge in [-0.25, -0.2) is 0 Å². The first-order valence-corrected chi connectivity index (χ1v) is 13.3. The number of ether oxygens (including phenoxy) is 4. The number of ketones is 1. The number of carboxylic acid groups (broad SMARTS) is 1. The summed E-state index contributed by atoms with van der Waals surface area (Å²) in [5.41, 5.74) is 0. The SMILES string of the molecule is CC(=O)CCOCCOCCOCCOCCNC(=O)CCCCCCCCCCCCC(=O)O. The van der Waals surface area contributed by atoms with Gasteiger partial charge in [0.15, 0.2) is 0 Å². The molecule has 0 fully saturated rings. The van der Waals surface area contributed by atoms with Gasteiger partial charge in [-0.15, -0.1) is 0 Å². The van der Waals surface area contributed by atoms with Gasteiger partial charge in [-0.05, 0) is 19.8 Å². The second kappa shape index (κ2) is 27.0. The Labute approximate surface area is 211 Å². The zero-order valence-electron chi connectivity index (χ0n) is 21.9. The van der Waals surface area contributed by atoms with Crippen LogP contribution in [0.1, 0.15) is 90.4 Å². The van der Waals surface area contributed by atoms with Gasteiger partial charge in [-0.3, -0.25) is 14.4 Å². The number of unbranched alkanes of at least 4 members (excludes halogenated alkanes) is 9. The quantitative estimate of drug-likeness (QED) is 0.154. The number of Topliss-reactive ketones (excluding diaryl/α,β-unsaturated/α-hetero) is 1. The second-order valence-corrected chi connectivity index (χ2v) is 8.68. The van der Waals surface area contributed by atoms with Gasteiger partial charge in [0, 0.05) is 25.8 Å². The third-order valence-electron chi connectivity index (χ3n) is 5.33. The molecule has 0 aliphatic carbocycles. The molecule has 1 amide bonds. The summed E-state index contributed by atoms with van der Waals surface area (Å²) in [6.45, 7) is 5.86. The second-order valence-electron chi connectivity index (χ2n) is 8.68. The van der Waals surface area contributed by atoms with Crippen molar-refractivity contribution in [2.24, 2.45) is 0 Å². The normalized spacial score (nSPS) is 11.0. The zero-order valence-corrected chi connectivity index (χ0v) is 21.9. The molecular formula is C26H49NO8. The Kier molecular flexibility index (Phi) is 25.8. The van der Waals surface area contributed by atoms with Gasteiger partial charge in [0.25, 0.3) is 0 Å². The van der Waals surface area contributed by atoms with Crippen LogP contribution < -0.4 is 5.32 Å². The van der Waals surface area contributed by atoms with Gasteiger partial charge in [0.2, 0.25) is 5.91 Å². The highest BCUT2D eigenvalue weighted by Gasteiger charge is 2.01. The van der Waals surface area contributed by atoms with Crippen LogP contribution in [-0.2, 0) is 33.3 Å². The first-order chi connectivity index (χ1) is 17.0. The molecule has 0 unspecified atom stereocenters. The van der Waals surface area contributed by atoms with E-state index < -0.39 is 5.97 Å². The number of carboxylic acids is 1. The van der Waals surface area contributed by atoms with E-state index in [1.165, 1.54) is 25.7 Å². The van der Waals surface area contributed by atoms with Crippen LogP contribution in [0.3, 0.4) is 0 Å². The highest BCUT2D eigenvalue weighted by Crippen LogP contribution is 2.12. The van der Waals surface area contributed by atoms with E-state index in [0.29, 0.717) is 72.2 Å². The fourth-order valence-corrected chi connectivity index (χ4v) is 3.30. The molecule has 0 aromatic carbocycles. The molecule has 0 aromatic rings. The third kappa shape index (κ3) is 30.4. The molecule has 2 N–H and O–H groups in total. The van der Waals surface area contributed by atoms with E-state index in [4.69, 9.17) is 24.1 Å². The third-order valence-corrected chi connectivity index (χ3v) is 5.33. The minimum atomic E-state index is -0.700. The highest BCUT2D eigenvalue weighted by atomic mass is 16.6. The maximum absolute atomic E-state index is 11.8. The largest absolute Gasteiger partial charge is 0.481 e. The van der Waals surface area contributed by atoms with E-state index in [0.717, 1.165) is 38.5 Å². The summed E-state index contributed by atoms with van der Waals surface area (Å²) in [7, 11) is 0. The van der Waals surface area contributed by atoms with Crippen LogP contribution >= 0.6 is 0 Å². The number of hydrogen-bond donors (Lipinski definition) is 2. The van der Waals surface area contributed by atoms with Gasteiger partial charge in [0.1, 0.15) is 5.78 Å². The number of carbonyl (C=O) groups excluding carboxylic acids is 2. The number of hydrogen-bond acceptors (Lipinski definition) is 7. The minimum absolute atomic E-state index is 0.0774. The topological polar surface area (TPSA) is 120 Å². The lowest BCUT2D eigenvalue weighted by Gasteiger charge is -2.08. The van der Waals surface area contributed by atoms with Crippen LogP contribution in [0.4, 0.5) is 0 Å². The molecule has 35 heavy (non-hydrogen) atoms. The summed E-state index contributed by atoms with van der Waals surface area (Å²) in [6.07, 6.45) is 12.2. The monoisotopic (exact) mass is 503 g/mol. The van der Waals surface area contributed by atoms with Crippen LogP contribution in [0.2, 0.25) is 0 Å². The lowest BCUT2D eigenvalue weighted by molar-refractivity contribution is -0.137. The van der Waals surface area contributed by atoms with Crippen molar-refractivity contribution in [2.75, 3.05) is 59.4 Å². The summed E-state index contributed by atoms with van der Waals surface area (Å²) in [6, 6.07) is 0. The Morgan fingerprint density at radius 2 is 0.943 bits per heavy atom. The molecule has 0 radical (unpaired) electrons. The Hall–Kier alpha value is -1.55. The smallest absolute Gasteiger partial charge is 0.303 e. The zero-order chi connectivity index (χ0) is 25.8. The molecule has 0 aliphatic rings. The highest BCUT2D eigenvalue weighted by molar-refractivity contribution is 5.75. The summed E-state index contributed by atoms with van der Waals surface area (Å²) < 4.78 is 21.5. The predicted molar refractivity (Wildman–Crippen MR) is 135 cm³/mol. The molecule has 0 saturated carbocycles. The van der Waals surface area contributed by atoms with Gasteiger partial charge in [0.05, 0.1) is 52.9 Å². The molecule has 0 atom stereocenters. The van der Waals surface area contributed by atoms with Crippen LogP contribution in [0, 0.1) is 0 Å².